The van der Waals surface area contributed by atoms with Crippen molar-refractivity contribution in [2.24, 2.45) is 0 Å². The fraction of sp³-hybridized carbons (Fsp3) is 0.106. The Morgan fingerprint density at radius 1 is 0.286 bits per heavy atom. The van der Waals surface area contributed by atoms with E-state index in [0.29, 0.717) is 0 Å². The Hall–Kier alpha value is -5.86. The van der Waals surface area contributed by atoms with Gasteiger partial charge in [-0.25, -0.2) is 0 Å². The first-order valence-corrected chi connectivity index (χ1v) is 16.7. The van der Waals surface area contributed by atoms with Gasteiger partial charge in [0.1, 0.15) is 0 Å². The first-order chi connectivity index (χ1) is 23.4. The SMILES string of the molecule is C.Cc1ccc(N(c2ccc(C)cc2)c2cc3c4ccccc4c(N(c4ccc(C)cc4)c4ccc(C)cc4)cc3c3ccccc23)cc1. The summed E-state index contributed by atoms with van der Waals surface area (Å²) < 4.78 is 0. The summed E-state index contributed by atoms with van der Waals surface area (Å²) in [5.74, 6) is 0. The van der Waals surface area contributed by atoms with Crippen molar-refractivity contribution in [3.63, 3.8) is 0 Å². The van der Waals surface area contributed by atoms with Crippen LogP contribution in [-0.2, 0) is 0 Å². The van der Waals surface area contributed by atoms with E-state index in [1.54, 1.807) is 0 Å². The van der Waals surface area contributed by atoms with Crippen LogP contribution in [0, 0.1) is 27.7 Å². The van der Waals surface area contributed by atoms with Gasteiger partial charge in [-0.1, -0.05) is 127 Å². The van der Waals surface area contributed by atoms with E-state index in [2.05, 4.69) is 195 Å². The van der Waals surface area contributed by atoms with Gasteiger partial charge in [0.15, 0.2) is 0 Å². The van der Waals surface area contributed by atoms with Gasteiger partial charge < -0.3 is 9.80 Å². The molecule has 8 aromatic rings. The molecule has 0 saturated heterocycles. The molecule has 0 unspecified atom stereocenters. The van der Waals surface area contributed by atoms with Crippen molar-refractivity contribution in [1.82, 2.24) is 0 Å². The number of aryl methyl sites for hydroxylation is 4. The lowest BCUT2D eigenvalue weighted by Crippen LogP contribution is -2.12. The third-order valence-electron chi connectivity index (χ3n) is 9.49. The molecule has 2 heteroatoms. The second-order valence-electron chi connectivity index (χ2n) is 13.0. The van der Waals surface area contributed by atoms with E-state index >= 15 is 0 Å². The van der Waals surface area contributed by atoms with E-state index in [1.807, 2.05) is 0 Å². The van der Waals surface area contributed by atoms with E-state index in [4.69, 9.17) is 0 Å². The van der Waals surface area contributed by atoms with Gasteiger partial charge in [-0.05, 0) is 110 Å². The number of fused-ring (bicyclic) bond motifs is 5. The second-order valence-corrected chi connectivity index (χ2v) is 13.0. The molecule has 0 radical (unpaired) electrons. The van der Waals surface area contributed by atoms with Gasteiger partial charge in [0, 0.05) is 33.5 Å². The quantitative estimate of drug-likeness (QED) is 0.168. The molecule has 0 heterocycles. The maximum Gasteiger partial charge on any atom is 0.0546 e. The zero-order valence-corrected chi connectivity index (χ0v) is 27.9. The lowest BCUT2D eigenvalue weighted by atomic mass is 9.93. The van der Waals surface area contributed by atoms with E-state index in [-0.39, 0.29) is 7.43 Å². The average Bonchev–Trinajstić information content (AvgIpc) is 3.12. The Bertz CT molecular complexity index is 2140. The van der Waals surface area contributed by atoms with Gasteiger partial charge in [0.05, 0.1) is 11.4 Å². The highest BCUT2D eigenvalue weighted by atomic mass is 15.1. The molecule has 8 rings (SSSR count). The number of benzene rings is 8. The molecule has 0 bridgehead atoms. The zero-order valence-electron chi connectivity index (χ0n) is 27.9. The largest absolute Gasteiger partial charge is 0.310 e. The van der Waals surface area contributed by atoms with Crippen LogP contribution < -0.4 is 9.80 Å². The summed E-state index contributed by atoms with van der Waals surface area (Å²) in [5, 5.41) is 7.36. The molecular weight excluding hydrogens is 593 g/mol. The van der Waals surface area contributed by atoms with E-state index in [1.165, 1.54) is 54.6 Å². The third kappa shape index (κ3) is 5.81. The minimum Gasteiger partial charge on any atom is -0.310 e. The number of rotatable bonds is 6. The Labute approximate surface area is 290 Å². The number of hydrogen-bond acceptors (Lipinski definition) is 2. The Kier molecular flexibility index (Phi) is 8.40. The Morgan fingerprint density at radius 3 is 0.796 bits per heavy atom. The molecule has 0 aliphatic rings. The van der Waals surface area contributed by atoms with Crippen LogP contribution in [0.3, 0.4) is 0 Å². The van der Waals surface area contributed by atoms with Crippen molar-refractivity contribution in [3.05, 3.63) is 180 Å². The standard InChI is InChI=1S/C46H38N2.CH4/c1-31-13-21-35(22-14-31)47(36-23-15-32(2)16-24-36)45-29-43-40-10-6-8-12-42(40)46(30-44(43)39-9-5-7-11-41(39)45)48(37-25-17-33(3)18-26-37)38-27-19-34(4)20-28-38;/h5-30H,1-4H3;1H4. The van der Waals surface area contributed by atoms with Crippen LogP contribution in [0.5, 0.6) is 0 Å². The summed E-state index contributed by atoms with van der Waals surface area (Å²) in [6.07, 6.45) is 0. The van der Waals surface area contributed by atoms with Crippen molar-refractivity contribution < 1.29 is 0 Å². The molecule has 0 amide bonds. The van der Waals surface area contributed by atoms with Gasteiger partial charge in [0.2, 0.25) is 0 Å². The molecular formula is C47H42N2. The summed E-state index contributed by atoms with van der Waals surface area (Å²) in [6.45, 7) is 8.58. The minimum atomic E-state index is 0. The summed E-state index contributed by atoms with van der Waals surface area (Å²) in [6, 6.07) is 58.0. The normalized spacial score (nSPS) is 11.1. The zero-order chi connectivity index (χ0) is 32.8. The molecule has 0 aromatic heterocycles. The summed E-state index contributed by atoms with van der Waals surface area (Å²) in [7, 11) is 0. The Balaban J connectivity index is 0.00000378. The van der Waals surface area contributed by atoms with Crippen molar-refractivity contribution in [2.75, 3.05) is 9.80 Å². The molecule has 49 heavy (non-hydrogen) atoms. The predicted molar refractivity (Wildman–Crippen MR) is 214 cm³/mol. The molecule has 0 aliphatic carbocycles. The van der Waals surface area contributed by atoms with E-state index < -0.39 is 0 Å². The molecule has 0 saturated carbocycles. The lowest BCUT2D eigenvalue weighted by molar-refractivity contribution is 1.28. The van der Waals surface area contributed by atoms with Gasteiger partial charge in [-0.2, -0.15) is 0 Å². The fourth-order valence-electron chi connectivity index (χ4n) is 6.91. The summed E-state index contributed by atoms with van der Waals surface area (Å²) in [4.78, 5) is 4.82. The second kappa shape index (κ2) is 13.0. The van der Waals surface area contributed by atoms with E-state index in [0.717, 1.165) is 34.1 Å². The highest BCUT2D eigenvalue weighted by molar-refractivity contribution is 6.24. The molecule has 2 nitrogen and oxygen atoms in total. The van der Waals surface area contributed by atoms with Gasteiger partial charge in [-0.3, -0.25) is 0 Å². The first-order valence-electron chi connectivity index (χ1n) is 16.7. The van der Waals surface area contributed by atoms with Crippen LogP contribution in [0.4, 0.5) is 34.1 Å². The molecule has 0 aliphatic heterocycles. The summed E-state index contributed by atoms with van der Waals surface area (Å²) in [5.41, 5.74) is 11.9. The third-order valence-corrected chi connectivity index (χ3v) is 9.49. The topological polar surface area (TPSA) is 6.48 Å². The maximum atomic E-state index is 2.41. The molecule has 0 spiro atoms. The van der Waals surface area contributed by atoms with Gasteiger partial charge in [-0.15, -0.1) is 0 Å². The summed E-state index contributed by atoms with van der Waals surface area (Å²) >= 11 is 0. The van der Waals surface area contributed by atoms with Gasteiger partial charge >= 0.3 is 0 Å². The van der Waals surface area contributed by atoms with Crippen LogP contribution in [0.1, 0.15) is 29.7 Å². The van der Waals surface area contributed by atoms with Crippen LogP contribution in [-0.4, -0.2) is 0 Å². The molecule has 0 fully saturated rings. The maximum absolute atomic E-state index is 2.41. The fourth-order valence-corrected chi connectivity index (χ4v) is 6.91. The van der Waals surface area contributed by atoms with Crippen molar-refractivity contribution in [1.29, 1.82) is 0 Å². The predicted octanol–water partition coefficient (Wildman–Crippen LogP) is 14.0. The molecule has 240 valence electrons. The van der Waals surface area contributed by atoms with Crippen molar-refractivity contribution >= 4 is 66.4 Å². The lowest BCUT2D eigenvalue weighted by Gasteiger charge is -2.30. The minimum absolute atomic E-state index is 0. The van der Waals surface area contributed by atoms with Crippen molar-refractivity contribution in [3.8, 4) is 0 Å². The first kappa shape index (κ1) is 31.7. The smallest absolute Gasteiger partial charge is 0.0546 e. The number of anilines is 6. The van der Waals surface area contributed by atoms with Crippen LogP contribution >= 0.6 is 0 Å². The van der Waals surface area contributed by atoms with E-state index in [9.17, 15) is 0 Å². The average molecular weight is 635 g/mol. The molecule has 8 aromatic carbocycles. The van der Waals surface area contributed by atoms with Crippen LogP contribution in [0.25, 0.3) is 32.3 Å². The number of nitrogens with zero attached hydrogens (tertiary/aromatic N) is 2. The Morgan fingerprint density at radius 2 is 0.531 bits per heavy atom. The molecule has 0 N–H and O–H groups in total. The highest BCUT2D eigenvalue weighted by Crippen LogP contribution is 2.47. The van der Waals surface area contributed by atoms with Gasteiger partial charge in [0.25, 0.3) is 0 Å². The highest BCUT2D eigenvalue weighted by Gasteiger charge is 2.22. The molecule has 0 atom stereocenters. The van der Waals surface area contributed by atoms with Crippen LogP contribution in [0.2, 0.25) is 0 Å². The number of hydrogen-bond donors (Lipinski definition) is 0. The monoisotopic (exact) mass is 634 g/mol. The van der Waals surface area contributed by atoms with Crippen molar-refractivity contribution in [2.45, 2.75) is 35.1 Å². The van der Waals surface area contributed by atoms with Crippen LogP contribution in [0.15, 0.2) is 158 Å².